The maximum absolute atomic E-state index is 13.3. The molecule has 0 bridgehead atoms. The van der Waals surface area contributed by atoms with Crippen molar-refractivity contribution in [3.63, 3.8) is 0 Å². The van der Waals surface area contributed by atoms with Crippen molar-refractivity contribution >= 4 is 18.1 Å². The fourth-order valence-electron chi connectivity index (χ4n) is 6.51. The van der Waals surface area contributed by atoms with Crippen molar-refractivity contribution in [2.24, 2.45) is 0 Å². The van der Waals surface area contributed by atoms with Crippen LogP contribution in [-0.2, 0) is 29.2 Å². The van der Waals surface area contributed by atoms with Crippen molar-refractivity contribution in [2.75, 3.05) is 13.2 Å². The van der Waals surface area contributed by atoms with E-state index in [0.717, 1.165) is 44.5 Å². The molecule has 0 fully saturated rings. The van der Waals surface area contributed by atoms with E-state index in [-0.39, 0.29) is 24.9 Å². The smallest absolute Gasteiger partial charge is 0.407 e. The third kappa shape index (κ3) is 7.52. The summed E-state index contributed by atoms with van der Waals surface area (Å²) in [5.41, 5.74) is 8.61. The van der Waals surface area contributed by atoms with E-state index < -0.39 is 12.1 Å². The summed E-state index contributed by atoms with van der Waals surface area (Å²) in [6.45, 7) is 1.37. The van der Waals surface area contributed by atoms with Gasteiger partial charge in [-0.05, 0) is 57.9 Å². The van der Waals surface area contributed by atoms with Gasteiger partial charge in [0.1, 0.15) is 37.4 Å². The van der Waals surface area contributed by atoms with E-state index in [1.54, 1.807) is 0 Å². The number of hydrogen-bond acceptors (Lipinski definition) is 5. The number of carbonyl (C=O) groups is 2. The van der Waals surface area contributed by atoms with Gasteiger partial charge in [-0.3, -0.25) is 4.79 Å². The van der Waals surface area contributed by atoms with Gasteiger partial charge in [0.05, 0.1) is 0 Å². The summed E-state index contributed by atoms with van der Waals surface area (Å²) in [5.74, 6) is 1.05. The topological polar surface area (TPSA) is 85.9 Å². The molecule has 5 aromatic carbocycles. The summed E-state index contributed by atoms with van der Waals surface area (Å²) < 4.78 is 18.3. The predicted molar refractivity (Wildman–Crippen MR) is 190 cm³/mol. The Hall–Kier alpha value is -5.82. The van der Waals surface area contributed by atoms with E-state index in [0.29, 0.717) is 37.7 Å². The van der Waals surface area contributed by atoms with Crippen molar-refractivity contribution in [1.29, 1.82) is 0 Å². The molecule has 7 heteroatoms. The highest BCUT2D eigenvalue weighted by Crippen LogP contribution is 2.44. The molecule has 246 valence electrons. The van der Waals surface area contributed by atoms with Crippen LogP contribution in [0.15, 0.2) is 127 Å². The van der Waals surface area contributed by atoms with Gasteiger partial charge in [-0.25, -0.2) is 4.79 Å². The Labute approximate surface area is 286 Å². The third-order valence-electron chi connectivity index (χ3n) is 8.99. The van der Waals surface area contributed by atoms with Crippen LogP contribution >= 0.6 is 0 Å². The second kappa shape index (κ2) is 14.9. The van der Waals surface area contributed by atoms with Crippen molar-refractivity contribution in [2.45, 2.75) is 38.0 Å². The molecule has 0 radical (unpaired) electrons. The summed E-state index contributed by atoms with van der Waals surface area (Å²) in [6.07, 6.45) is 4.08. The summed E-state index contributed by atoms with van der Waals surface area (Å²) in [4.78, 5) is 26.3. The molecule has 7 nitrogen and oxygen atoms in total. The minimum absolute atomic E-state index is 0.0664. The highest BCUT2D eigenvalue weighted by atomic mass is 16.5. The van der Waals surface area contributed by atoms with Gasteiger partial charge in [0, 0.05) is 24.1 Å². The molecule has 0 saturated heterocycles. The summed E-state index contributed by atoms with van der Waals surface area (Å²) in [7, 11) is 0. The van der Waals surface area contributed by atoms with Crippen molar-refractivity contribution in [1.82, 2.24) is 10.6 Å². The Bertz CT molecular complexity index is 1910. The van der Waals surface area contributed by atoms with Crippen LogP contribution in [0.1, 0.15) is 45.7 Å². The fourth-order valence-corrected chi connectivity index (χ4v) is 6.51. The number of amides is 2. The first-order chi connectivity index (χ1) is 24.1. The van der Waals surface area contributed by atoms with Crippen molar-refractivity contribution in [3.8, 4) is 22.6 Å². The Morgan fingerprint density at radius 2 is 1.37 bits per heavy atom. The molecule has 7 rings (SSSR count). The maximum Gasteiger partial charge on any atom is 0.407 e. The zero-order chi connectivity index (χ0) is 33.4. The Kier molecular flexibility index (Phi) is 9.69. The van der Waals surface area contributed by atoms with Crippen LogP contribution in [0.3, 0.4) is 0 Å². The highest BCUT2D eigenvalue weighted by Gasteiger charge is 2.30. The molecule has 0 unspecified atom stereocenters. The number of benzene rings is 5. The lowest BCUT2D eigenvalue weighted by Gasteiger charge is -2.21. The minimum Gasteiger partial charge on any atom is -0.489 e. The van der Waals surface area contributed by atoms with E-state index in [1.165, 1.54) is 0 Å². The predicted octanol–water partition coefficient (Wildman–Crippen LogP) is 7.83. The van der Waals surface area contributed by atoms with Gasteiger partial charge in [0.2, 0.25) is 5.91 Å². The molecule has 1 heterocycles. The SMILES string of the molecule is O=C(N[C@H]1C/C=C\c2c(cc(OCc3ccccc3)cc2OCc2ccccc2)CCNC1=O)OCC1c2ccccc2-c2ccccc21. The summed E-state index contributed by atoms with van der Waals surface area (Å²) in [6, 6.07) is 39.6. The van der Waals surface area contributed by atoms with Gasteiger partial charge in [-0.2, -0.15) is 0 Å². The first-order valence-electron chi connectivity index (χ1n) is 16.7. The molecule has 2 aliphatic rings. The summed E-state index contributed by atoms with van der Waals surface area (Å²) >= 11 is 0. The Morgan fingerprint density at radius 1 is 0.755 bits per heavy atom. The molecular formula is C42H38N2O5. The van der Waals surface area contributed by atoms with Gasteiger partial charge >= 0.3 is 6.09 Å². The number of alkyl carbamates (subject to hydrolysis) is 1. The van der Waals surface area contributed by atoms with Crippen LogP contribution in [0.4, 0.5) is 4.79 Å². The molecule has 2 N–H and O–H groups in total. The second-order valence-electron chi connectivity index (χ2n) is 12.2. The minimum atomic E-state index is -0.796. The monoisotopic (exact) mass is 650 g/mol. The average molecular weight is 651 g/mol. The Morgan fingerprint density at radius 3 is 2.04 bits per heavy atom. The number of rotatable bonds is 9. The number of ether oxygens (including phenoxy) is 3. The summed E-state index contributed by atoms with van der Waals surface area (Å²) in [5, 5.41) is 5.81. The molecule has 2 amide bonds. The lowest BCUT2D eigenvalue weighted by Crippen LogP contribution is -2.47. The Balaban J connectivity index is 1.06. The van der Waals surface area contributed by atoms with Gasteiger partial charge in [0.15, 0.2) is 0 Å². The third-order valence-corrected chi connectivity index (χ3v) is 8.99. The second-order valence-corrected chi connectivity index (χ2v) is 12.2. The molecule has 49 heavy (non-hydrogen) atoms. The molecule has 1 aliphatic heterocycles. The quantitative estimate of drug-likeness (QED) is 0.170. The molecular weight excluding hydrogens is 612 g/mol. The fraction of sp³-hybridized carbons (Fsp3) is 0.190. The lowest BCUT2D eigenvalue weighted by atomic mass is 9.98. The molecule has 5 aromatic rings. The van der Waals surface area contributed by atoms with E-state index in [2.05, 4.69) is 34.9 Å². The number of carbonyl (C=O) groups excluding carboxylic acids is 2. The molecule has 0 aromatic heterocycles. The normalized spacial score (nSPS) is 15.9. The van der Waals surface area contributed by atoms with Gasteiger partial charge in [-0.1, -0.05) is 121 Å². The number of fused-ring (bicyclic) bond motifs is 4. The zero-order valence-electron chi connectivity index (χ0n) is 27.1. The van der Waals surface area contributed by atoms with Crippen LogP contribution < -0.4 is 20.1 Å². The van der Waals surface area contributed by atoms with E-state index in [9.17, 15) is 9.59 Å². The van der Waals surface area contributed by atoms with Crippen molar-refractivity contribution < 1.29 is 23.8 Å². The largest absolute Gasteiger partial charge is 0.489 e. The van der Waals surface area contributed by atoms with Crippen LogP contribution in [0, 0.1) is 0 Å². The molecule has 0 saturated carbocycles. The number of hydrogen-bond donors (Lipinski definition) is 2. The number of nitrogens with one attached hydrogen (secondary N) is 2. The molecule has 1 aliphatic carbocycles. The van der Waals surface area contributed by atoms with Crippen LogP contribution in [0.5, 0.6) is 11.5 Å². The van der Waals surface area contributed by atoms with E-state index in [1.807, 2.05) is 109 Å². The van der Waals surface area contributed by atoms with Crippen molar-refractivity contribution in [3.05, 3.63) is 161 Å². The maximum atomic E-state index is 13.3. The van der Waals surface area contributed by atoms with Crippen LogP contribution in [0.25, 0.3) is 17.2 Å². The van der Waals surface area contributed by atoms with Crippen LogP contribution in [-0.4, -0.2) is 31.2 Å². The molecule has 1 atom stereocenters. The zero-order valence-corrected chi connectivity index (χ0v) is 27.1. The first-order valence-corrected chi connectivity index (χ1v) is 16.7. The van der Waals surface area contributed by atoms with E-state index in [4.69, 9.17) is 14.2 Å². The molecule has 0 spiro atoms. The van der Waals surface area contributed by atoms with Gasteiger partial charge < -0.3 is 24.8 Å². The van der Waals surface area contributed by atoms with Gasteiger partial charge in [0.25, 0.3) is 0 Å². The first kappa shape index (κ1) is 31.8. The van der Waals surface area contributed by atoms with Crippen LogP contribution in [0.2, 0.25) is 0 Å². The van der Waals surface area contributed by atoms with Gasteiger partial charge in [-0.15, -0.1) is 0 Å². The highest BCUT2D eigenvalue weighted by molar-refractivity contribution is 5.86. The standard InChI is InChI=1S/C42H38N2O5/c45-41-39(44-42(46)49-28-38-36-18-9-7-16-34(36)35-17-8-10-19-37(35)38)21-11-20-33-31(22-23-43-41)24-32(47-26-29-12-3-1-4-13-29)25-40(33)48-27-30-14-5-2-6-15-30/h1-20,24-25,38-39H,21-23,26-28H2,(H,43,45)(H,44,46)/b20-11-/t39-/m0/s1. The lowest BCUT2D eigenvalue weighted by molar-refractivity contribution is -0.122. The van der Waals surface area contributed by atoms with E-state index >= 15 is 0 Å². The average Bonchev–Trinajstić information content (AvgIpc) is 3.46.